The fourth-order valence-corrected chi connectivity index (χ4v) is 3.51. The Hall–Kier alpha value is -2.28. The van der Waals surface area contributed by atoms with Gasteiger partial charge in [0.15, 0.2) is 0 Å². The van der Waals surface area contributed by atoms with Gasteiger partial charge in [0.25, 0.3) is 0 Å². The van der Waals surface area contributed by atoms with Crippen LogP contribution in [0, 0.1) is 5.92 Å². The Kier molecular flexibility index (Phi) is 7.69. The first-order valence-corrected chi connectivity index (χ1v) is 9.80. The summed E-state index contributed by atoms with van der Waals surface area (Å²) in [7, 11) is 3.20. The molecule has 1 aliphatic heterocycles. The van der Waals surface area contributed by atoms with Gasteiger partial charge in [0, 0.05) is 37.7 Å². The lowest BCUT2D eigenvalue weighted by atomic mass is 9.92. The number of amides is 2. The minimum atomic E-state index is -0.851. The van der Waals surface area contributed by atoms with Gasteiger partial charge in [-0.3, -0.25) is 9.59 Å². The molecule has 1 saturated heterocycles. The van der Waals surface area contributed by atoms with E-state index in [4.69, 9.17) is 15.2 Å². The number of rotatable bonds is 8. The summed E-state index contributed by atoms with van der Waals surface area (Å²) in [5.74, 6) is 1.71. The number of ether oxygens (including phenoxy) is 2. The summed E-state index contributed by atoms with van der Waals surface area (Å²) < 4.78 is 10.5. The third-order valence-corrected chi connectivity index (χ3v) is 5.11. The fourth-order valence-electron chi connectivity index (χ4n) is 3.51. The van der Waals surface area contributed by atoms with E-state index in [2.05, 4.69) is 5.32 Å². The maximum absolute atomic E-state index is 12.4. The molecule has 0 spiro atoms. The van der Waals surface area contributed by atoms with Crippen molar-refractivity contribution in [3.05, 3.63) is 23.8 Å². The average Bonchev–Trinajstić information content (AvgIpc) is 2.69. The highest BCUT2D eigenvalue weighted by Gasteiger charge is 2.31. The second-order valence-electron chi connectivity index (χ2n) is 7.97. The van der Waals surface area contributed by atoms with Gasteiger partial charge in [0.1, 0.15) is 11.5 Å². The molecule has 7 nitrogen and oxygen atoms in total. The summed E-state index contributed by atoms with van der Waals surface area (Å²) in [5.41, 5.74) is 5.99. The van der Waals surface area contributed by atoms with Gasteiger partial charge in [0.2, 0.25) is 11.8 Å². The molecule has 1 aromatic carbocycles. The van der Waals surface area contributed by atoms with Crippen molar-refractivity contribution in [2.24, 2.45) is 11.7 Å². The Bertz CT molecular complexity index is 685. The molecule has 1 heterocycles. The van der Waals surface area contributed by atoms with Gasteiger partial charge in [-0.2, -0.15) is 0 Å². The second-order valence-corrected chi connectivity index (χ2v) is 7.97. The Morgan fingerprint density at radius 1 is 1.29 bits per heavy atom. The van der Waals surface area contributed by atoms with E-state index >= 15 is 0 Å². The molecule has 0 unspecified atom stereocenters. The van der Waals surface area contributed by atoms with Gasteiger partial charge in [-0.1, -0.05) is 0 Å². The maximum atomic E-state index is 12.4. The molecular weight excluding hydrogens is 358 g/mol. The van der Waals surface area contributed by atoms with Crippen molar-refractivity contribution in [2.75, 3.05) is 27.3 Å². The number of benzene rings is 1. The molecule has 0 radical (unpaired) electrons. The number of methoxy groups -OCH3 is 2. The van der Waals surface area contributed by atoms with Crippen LogP contribution in [0.4, 0.5) is 0 Å². The molecule has 2 rings (SSSR count). The van der Waals surface area contributed by atoms with Gasteiger partial charge in [-0.25, -0.2) is 0 Å². The molecular formula is C21H33N3O4. The third-order valence-electron chi connectivity index (χ3n) is 5.11. The summed E-state index contributed by atoms with van der Waals surface area (Å²) in [6.45, 7) is 5.31. The van der Waals surface area contributed by atoms with Crippen LogP contribution >= 0.6 is 0 Å². The predicted octanol–water partition coefficient (Wildman–Crippen LogP) is 2.08. The van der Waals surface area contributed by atoms with Crippen molar-refractivity contribution < 1.29 is 19.1 Å². The molecule has 28 heavy (non-hydrogen) atoms. The molecule has 0 bridgehead atoms. The number of carbonyl (C=O) groups excluding carboxylic acids is 2. The van der Waals surface area contributed by atoms with E-state index in [0.29, 0.717) is 36.9 Å². The van der Waals surface area contributed by atoms with Gasteiger partial charge < -0.3 is 25.4 Å². The number of nitrogens with zero attached hydrogens (tertiary/aromatic N) is 1. The minimum absolute atomic E-state index is 0.000441. The molecule has 0 saturated carbocycles. The third kappa shape index (κ3) is 6.12. The van der Waals surface area contributed by atoms with Crippen molar-refractivity contribution in [2.45, 2.75) is 51.6 Å². The maximum Gasteiger partial charge on any atom is 0.242 e. The molecule has 3 N–H and O–H groups in total. The first-order valence-electron chi connectivity index (χ1n) is 9.80. The normalized spacial score (nSPS) is 17.2. The van der Waals surface area contributed by atoms with Crippen LogP contribution in [0.15, 0.2) is 18.2 Å². The lowest BCUT2D eigenvalue weighted by Crippen LogP contribution is -2.53. The zero-order valence-electron chi connectivity index (χ0n) is 17.4. The summed E-state index contributed by atoms with van der Waals surface area (Å²) in [6.07, 6.45) is 3.20. The lowest BCUT2D eigenvalue weighted by Gasteiger charge is -2.36. The second kappa shape index (κ2) is 9.78. The van der Waals surface area contributed by atoms with Crippen LogP contribution in [-0.2, 0) is 16.1 Å². The van der Waals surface area contributed by atoms with Crippen molar-refractivity contribution >= 4 is 11.8 Å². The quantitative estimate of drug-likeness (QED) is 0.708. The lowest BCUT2D eigenvalue weighted by molar-refractivity contribution is -0.137. The van der Waals surface area contributed by atoms with Crippen LogP contribution in [0.3, 0.4) is 0 Å². The Morgan fingerprint density at radius 2 is 2.04 bits per heavy atom. The van der Waals surface area contributed by atoms with Crippen molar-refractivity contribution in [3.63, 3.8) is 0 Å². The first-order chi connectivity index (χ1) is 13.2. The molecule has 1 fully saturated rings. The molecule has 0 aromatic heterocycles. The van der Waals surface area contributed by atoms with Crippen LogP contribution in [-0.4, -0.2) is 49.6 Å². The monoisotopic (exact) mass is 391 g/mol. The smallest absolute Gasteiger partial charge is 0.242 e. The molecule has 7 heteroatoms. The summed E-state index contributed by atoms with van der Waals surface area (Å²) >= 11 is 0. The Balaban J connectivity index is 1.80. The fraction of sp³-hybridized carbons (Fsp3) is 0.619. The predicted molar refractivity (Wildman–Crippen MR) is 108 cm³/mol. The van der Waals surface area contributed by atoms with E-state index in [-0.39, 0.29) is 11.8 Å². The number of hydrogen-bond donors (Lipinski definition) is 2. The van der Waals surface area contributed by atoms with Crippen LogP contribution in [0.25, 0.3) is 0 Å². The number of piperidine rings is 1. The number of hydrogen-bond acceptors (Lipinski definition) is 5. The van der Waals surface area contributed by atoms with Gasteiger partial charge in [-0.15, -0.1) is 0 Å². The SMILES string of the molecule is COc1ccc(CNC(=O)CC[C@H]2CCCN(C(=O)C(C)(C)N)C2)c(OC)c1. The van der Waals surface area contributed by atoms with E-state index in [1.807, 2.05) is 17.0 Å². The van der Waals surface area contributed by atoms with E-state index in [0.717, 1.165) is 31.4 Å². The average molecular weight is 392 g/mol. The van der Waals surface area contributed by atoms with E-state index < -0.39 is 5.54 Å². The van der Waals surface area contributed by atoms with Gasteiger partial charge in [0.05, 0.1) is 19.8 Å². The summed E-state index contributed by atoms with van der Waals surface area (Å²) in [6, 6.07) is 5.53. The number of carbonyl (C=O) groups is 2. The van der Waals surface area contributed by atoms with E-state index in [1.54, 1.807) is 34.1 Å². The highest BCUT2D eigenvalue weighted by molar-refractivity contribution is 5.85. The van der Waals surface area contributed by atoms with Crippen molar-refractivity contribution in [1.82, 2.24) is 10.2 Å². The van der Waals surface area contributed by atoms with Crippen molar-refractivity contribution in [3.8, 4) is 11.5 Å². The zero-order chi connectivity index (χ0) is 20.7. The molecule has 156 valence electrons. The highest BCUT2D eigenvalue weighted by Crippen LogP contribution is 2.25. The first kappa shape index (κ1) is 22.0. The van der Waals surface area contributed by atoms with Crippen LogP contribution < -0.4 is 20.5 Å². The van der Waals surface area contributed by atoms with Crippen LogP contribution in [0.1, 0.15) is 45.1 Å². The number of nitrogens with two attached hydrogens (primary N) is 1. The highest BCUT2D eigenvalue weighted by atomic mass is 16.5. The van der Waals surface area contributed by atoms with Crippen LogP contribution in [0.5, 0.6) is 11.5 Å². The Labute approximate surface area is 167 Å². The molecule has 1 aromatic rings. The molecule has 2 amide bonds. The van der Waals surface area contributed by atoms with E-state index in [9.17, 15) is 9.59 Å². The van der Waals surface area contributed by atoms with Gasteiger partial charge in [-0.05, 0) is 51.2 Å². The summed E-state index contributed by atoms with van der Waals surface area (Å²) in [4.78, 5) is 26.5. The number of likely N-dealkylation sites (tertiary alicyclic amines) is 1. The molecule has 0 aliphatic carbocycles. The Morgan fingerprint density at radius 3 is 2.68 bits per heavy atom. The zero-order valence-corrected chi connectivity index (χ0v) is 17.4. The van der Waals surface area contributed by atoms with Crippen molar-refractivity contribution in [1.29, 1.82) is 0 Å². The number of nitrogens with one attached hydrogen (secondary N) is 1. The molecule has 1 atom stereocenters. The minimum Gasteiger partial charge on any atom is -0.497 e. The van der Waals surface area contributed by atoms with Crippen LogP contribution in [0.2, 0.25) is 0 Å². The van der Waals surface area contributed by atoms with Gasteiger partial charge >= 0.3 is 0 Å². The molecule has 1 aliphatic rings. The van der Waals surface area contributed by atoms with E-state index in [1.165, 1.54) is 0 Å². The largest absolute Gasteiger partial charge is 0.497 e. The topological polar surface area (TPSA) is 93.9 Å². The summed E-state index contributed by atoms with van der Waals surface area (Å²) in [5, 5.41) is 2.95. The standard InChI is InChI=1S/C21H33N3O4/c1-21(2,22)20(26)24-11-5-6-15(14-24)7-10-19(25)23-13-16-8-9-17(27-3)12-18(16)28-4/h8-9,12,15H,5-7,10-11,13-14,22H2,1-4H3,(H,23,25)/t15-/m1/s1.